The van der Waals surface area contributed by atoms with Crippen LogP contribution in [0.2, 0.25) is 0 Å². The minimum absolute atomic E-state index is 0. The van der Waals surface area contributed by atoms with Gasteiger partial charge < -0.3 is 6.42 Å². The van der Waals surface area contributed by atoms with Crippen molar-refractivity contribution in [1.29, 1.82) is 0 Å². The summed E-state index contributed by atoms with van der Waals surface area (Å²) in [5.41, 5.74) is 0. The Morgan fingerprint density at radius 3 is 2.25 bits per heavy atom. The van der Waals surface area contributed by atoms with Gasteiger partial charge in [-0.3, -0.25) is 0 Å². The van der Waals surface area contributed by atoms with Crippen molar-refractivity contribution in [2.24, 2.45) is 11.8 Å². The first-order chi connectivity index (χ1) is 3.34. The molecule has 1 saturated carbocycles. The average molecular weight is 186 g/mol. The summed E-state index contributed by atoms with van der Waals surface area (Å²) in [5, 5.41) is 0. The second-order valence-electron chi connectivity index (χ2n) is 2.50. The van der Waals surface area contributed by atoms with Gasteiger partial charge in [-0.1, -0.05) is 26.2 Å². The number of rotatable bonds is 1. The first kappa shape index (κ1) is 9.10. The van der Waals surface area contributed by atoms with Gasteiger partial charge in [-0.25, -0.2) is 0 Å². The molecule has 0 bridgehead atoms. The molecule has 0 aliphatic heterocycles. The Labute approximate surface area is 77.3 Å². The van der Waals surface area contributed by atoms with Gasteiger partial charge in [0.1, 0.15) is 0 Å². The van der Waals surface area contributed by atoms with Crippen LogP contribution in [0, 0.1) is 18.3 Å². The maximum Gasteiger partial charge on any atom is 0 e. The van der Waals surface area contributed by atoms with Crippen LogP contribution < -0.4 is 0 Å². The first-order valence-electron chi connectivity index (χ1n) is 3.18. The molecule has 1 aliphatic carbocycles. The van der Waals surface area contributed by atoms with Crippen molar-refractivity contribution in [3.63, 3.8) is 0 Å². The summed E-state index contributed by atoms with van der Waals surface area (Å²) in [5.74, 6) is 1.95. The Balaban J connectivity index is 0.000000490. The van der Waals surface area contributed by atoms with Crippen LogP contribution in [-0.2, 0) is 32.7 Å². The Hall–Kier alpha value is 1.10. The van der Waals surface area contributed by atoms with E-state index in [1.807, 2.05) is 0 Å². The van der Waals surface area contributed by atoms with Crippen molar-refractivity contribution in [1.82, 2.24) is 0 Å². The zero-order chi connectivity index (χ0) is 5.28. The second-order valence-corrected chi connectivity index (χ2v) is 2.50. The molecule has 0 amide bonds. The van der Waals surface area contributed by atoms with Crippen LogP contribution in [0.4, 0.5) is 0 Å². The normalized spacial score (nSPS) is 35.2. The van der Waals surface area contributed by atoms with Crippen LogP contribution in [0.3, 0.4) is 0 Å². The molecule has 0 nitrogen and oxygen atoms in total. The van der Waals surface area contributed by atoms with E-state index >= 15 is 0 Å². The fraction of sp³-hybridized carbons (Fsp3) is 0.857. The van der Waals surface area contributed by atoms with E-state index in [9.17, 15) is 0 Å². The molecule has 45 valence electrons. The van der Waals surface area contributed by atoms with Crippen molar-refractivity contribution in [3.05, 3.63) is 6.42 Å². The van der Waals surface area contributed by atoms with Crippen molar-refractivity contribution in [3.8, 4) is 0 Å². The molecule has 2 atom stereocenters. The summed E-state index contributed by atoms with van der Waals surface area (Å²) >= 11 is 0. The quantitative estimate of drug-likeness (QED) is 0.551. The Kier molecular flexibility index (Phi) is 4.56. The second kappa shape index (κ2) is 4.01. The summed E-state index contributed by atoms with van der Waals surface area (Å²) in [6, 6.07) is 0. The molecule has 8 heavy (non-hydrogen) atoms. The van der Waals surface area contributed by atoms with Gasteiger partial charge in [0.05, 0.1) is 0 Å². The Bertz CT molecular complexity index is 59.4. The van der Waals surface area contributed by atoms with Gasteiger partial charge >= 0.3 is 0 Å². The predicted octanol–water partition coefficient (Wildman–Crippen LogP) is 2.25. The van der Waals surface area contributed by atoms with E-state index in [1.54, 1.807) is 0 Å². The molecule has 0 N–H and O–H groups in total. The summed E-state index contributed by atoms with van der Waals surface area (Å²) in [6.07, 6.45) is 5.14. The first-order valence-corrected chi connectivity index (χ1v) is 3.18. The molecule has 1 heteroatoms. The van der Waals surface area contributed by atoms with E-state index in [-0.39, 0.29) is 32.7 Å². The van der Waals surface area contributed by atoms with Gasteiger partial charge in [-0.05, 0) is 0 Å². The fourth-order valence-electron chi connectivity index (χ4n) is 1.14. The topological polar surface area (TPSA) is 0 Å². The van der Waals surface area contributed by atoms with Crippen LogP contribution >= 0.6 is 0 Å². The van der Waals surface area contributed by atoms with Gasteiger partial charge in [0, 0.05) is 32.7 Å². The van der Waals surface area contributed by atoms with Crippen molar-refractivity contribution >= 4 is 0 Å². The van der Waals surface area contributed by atoms with Crippen molar-refractivity contribution in [2.45, 2.75) is 26.7 Å². The molecule has 0 aromatic heterocycles. The molecular formula is C7H13Y-. The minimum Gasteiger partial charge on any atom is -0.325 e. The third-order valence-corrected chi connectivity index (χ3v) is 2.08. The van der Waals surface area contributed by atoms with Crippen molar-refractivity contribution in [2.75, 3.05) is 0 Å². The van der Waals surface area contributed by atoms with Crippen LogP contribution in [0.15, 0.2) is 0 Å². The van der Waals surface area contributed by atoms with Crippen LogP contribution in [-0.4, -0.2) is 0 Å². The molecule has 0 heterocycles. The molecule has 0 aromatic carbocycles. The van der Waals surface area contributed by atoms with Gasteiger partial charge in [-0.15, -0.1) is 0 Å². The van der Waals surface area contributed by atoms with Crippen LogP contribution in [0.5, 0.6) is 0 Å². The number of hydrogen-bond acceptors (Lipinski definition) is 0. The summed E-state index contributed by atoms with van der Waals surface area (Å²) < 4.78 is 0. The Morgan fingerprint density at radius 2 is 2.25 bits per heavy atom. The number of hydrogen-bond donors (Lipinski definition) is 0. The van der Waals surface area contributed by atoms with E-state index in [0.717, 1.165) is 11.8 Å². The zero-order valence-electron chi connectivity index (χ0n) is 5.72. The zero-order valence-corrected chi connectivity index (χ0v) is 8.56. The molecule has 1 radical (unpaired) electrons. The molecule has 1 unspecified atom stereocenters. The van der Waals surface area contributed by atoms with E-state index in [2.05, 4.69) is 20.3 Å². The molecule has 0 spiro atoms. The van der Waals surface area contributed by atoms with E-state index < -0.39 is 0 Å². The van der Waals surface area contributed by atoms with Gasteiger partial charge in [0.25, 0.3) is 0 Å². The molecule has 0 saturated heterocycles. The van der Waals surface area contributed by atoms with E-state index in [1.165, 1.54) is 12.8 Å². The largest absolute Gasteiger partial charge is 0.325 e. The van der Waals surface area contributed by atoms with E-state index in [0.29, 0.717) is 0 Å². The average Bonchev–Trinajstić information content (AvgIpc) is 1.65. The summed E-state index contributed by atoms with van der Waals surface area (Å²) in [6.45, 7) is 4.58. The third kappa shape index (κ3) is 1.81. The minimum atomic E-state index is 0. The molecular weight excluding hydrogens is 173 g/mol. The predicted molar refractivity (Wildman–Crippen MR) is 31.9 cm³/mol. The van der Waals surface area contributed by atoms with Gasteiger partial charge in [-0.2, -0.15) is 12.3 Å². The SMILES string of the molecule is CC[C@@H]1C[CH-]C1C.[Y]. The van der Waals surface area contributed by atoms with E-state index in [4.69, 9.17) is 0 Å². The maximum absolute atomic E-state index is 2.40. The fourth-order valence-corrected chi connectivity index (χ4v) is 1.14. The monoisotopic (exact) mass is 186 g/mol. The molecule has 1 rings (SSSR count). The Morgan fingerprint density at radius 1 is 1.62 bits per heavy atom. The molecule has 1 aliphatic rings. The molecule has 0 aromatic rings. The van der Waals surface area contributed by atoms with Crippen molar-refractivity contribution < 1.29 is 32.7 Å². The van der Waals surface area contributed by atoms with Crippen LogP contribution in [0.25, 0.3) is 0 Å². The third-order valence-electron chi connectivity index (χ3n) is 2.08. The smallest absolute Gasteiger partial charge is 0 e. The van der Waals surface area contributed by atoms with Gasteiger partial charge in [0.2, 0.25) is 0 Å². The van der Waals surface area contributed by atoms with Crippen LogP contribution in [0.1, 0.15) is 26.7 Å². The summed E-state index contributed by atoms with van der Waals surface area (Å²) in [7, 11) is 0. The maximum atomic E-state index is 2.40. The molecule has 1 fully saturated rings. The standard InChI is InChI=1S/C7H13.Y/c1-3-7-5-4-6(7)2;/h4,6-7H,3,5H2,1-2H3;/q-1;/t6?,7-;/m1./s1. The van der Waals surface area contributed by atoms with Gasteiger partial charge in [0.15, 0.2) is 0 Å². The summed E-state index contributed by atoms with van der Waals surface area (Å²) in [4.78, 5) is 0.